The monoisotopic (exact) mass is 221 g/mol. The zero-order chi connectivity index (χ0) is 10.8. The summed E-state index contributed by atoms with van der Waals surface area (Å²) in [6.45, 7) is 0. The van der Waals surface area contributed by atoms with Gasteiger partial charge in [-0.05, 0) is 24.0 Å². The van der Waals surface area contributed by atoms with Gasteiger partial charge < -0.3 is 5.73 Å². The summed E-state index contributed by atoms with van der Waals surface area (Å²) in [5.74, 6) is 0.279. The van der Waals surface area contributed by atoms with Crippen molar-refractivity contribution in [2.45, 2.75) is 11.9 Å². The minimum Gasteiger partial charge on any atom is -0.398 e. The van der Waals surface area contributed by atoms with E-state index in [4.69, 9.17) is 5.73 Å². The zero-order valence-corrected chi connectivity index (χ0v) is 8.38. The summed E-state index contributed by atoms with van der Waals surface area (Å²) in [5.41, 5.74) is 5.23. The van der Waals surface area contributed by atoms with Crippen LogP contribution in [0.4, 0.5) is 18.9 Å². The number of hydrogen-bond acceptors (Lipinski definition) is 2. The molecule has 0 saturated carbocycles. The fourth-order valence-corrected chi connectivity index (χ4v) is 1.79. The number of anilines is 1. The highest BCUT2D eigenvalue weighted by Crippen LogP contribution is 2.35. The van der Waals surface area contributed by atoms with Crippen LogP contribution >= 0.6 is 11.8 Å². The first kappa shape index (κ1) is 11.2. The van der Waals surface area contributed by atoms with Gasteiger partial charge in [-0.15, -0.1) is 0 Å². The molecule has 0 spiro atoms. The second kappa shape index (κ2) is 4.13. The van der Waals surface area contributed by atoms with Crippen LogP contribution in [0.2, 0.25) is 0 Å². The molecule has 78 valence electrons. The number of alkyl halides is 3. The van der Waals surface area contributed by atoms with Crippen LogP contribution in [-0.4, -0.2) is 6.26 Å². The van der Waals surface area contributed by atoms with E-state index < -0.39 is 11.7 Å². The Hall–Kier alpha value is -0.840. The fraction of sp³-hybridized carbons (Fsp3) is 0.333. The molecule has 0 aliphatic carbocycles. The molecule has 0 unspecified atom stereocenters. The molecule has 0 aliphatic heterocycles. The van der Waals surface area contributed by atoms with E-state index in [1.807, 2.05) is 0 Å². The third-order valence-corrected chi connectivity index (χ3v) is 2.38. The van der Waals surface area contributed by atoms with Crippen LogP contribution in [-0.2, 0) is 11.9 Å². The quantitative estimate of drug-likeness (QED) is 0.776. The second-order valence-corrected chi connectivity index (χ2v) is 3.67. The van der Waals surface area contributed by atoms with E-state index in [1.165, 1.54) is 23.9 Å². The van der Waals surface area contributed by atoms with Gasteiger partial charge >= 0.3 is 6.18 Å². The van der Waals surface area contributed by atoms with Crippen LogP contribution in [0.1, 0.15) is 11.1 Å². The first-order valence-corrected chi connectivity index (χ1v) is 5.29. The zero-order valence-electron chi connectivity index (χ0n) is 7.56. The third-order valence-electron chi connectivity index (χ3n) is 1.81. The number of rotatable bonds is 2. The molecule has 0 amide bonds. The Morgan fingerprint density at radius 3 is 2.50 bits per heavy atom. The van der Waals surface area contributed by atoms with Crippen molar-refractivity contribution in [1.29, 1.82) is 0 Å². The van der Waals surface area contributed by atoms with Gasteiger partial charge in [0.1, 0.15) is 0 Å². The SMILES string of the molecule is CSCc1c(N)cccc1C(F)(F)F. The lowest BCUT2D eigenvalue weighted by Crippen LogP contribution is -2.10. The lowest BCUT2D eigenvalue weighted by atomic mass is 10.1. The van der Waals surface area contributed by atoms with Gasteiger partial charge in [0, 0.05) is 11.4 Å². The van der Waals surface area contributed by atoms with Crippen molar-refractivity contribution in [3.63, 3.8) is 0 Å². The Morgan fingerprint density at radius 2 is 2.00 bits per heavy atom. The first-order valence-electron chi connectivity index (χ1n) is 3.90. The maximum atomic E-state index is 12.5. The van der Waals surface area contributed by atoms with Crippen molar-refractivity contribution in [2.75, 3.05) is 12.0 Å². The van der Waals surface area contributed by atoms with Gasteiger partial charge in [0.2, 0.25) is 0 Å². The maximum absolute atomic E-state index is 12.5. The van der Waals surface area contributed by atoms with E-state index in [9.17, 15) is 13.2 Å². The fourth-order valence-electron chi connectivity index (χ4n) is 1.18. The molecule has 2 N–H and O–H groups in total. The molecule has 0 atom stereocenters. The molecule has 0 heterocycles. The highest BCUT2D eigenvalue weighted by atomic mass is 32.2. The molecule has 0 fully saturated rings. The molecular weight excluding hydrogens is 211 g/mol. The predicted octanol–water partition coefficient (Wildman–Crippen LogP) is 3.15. The molecular formula is C9H10F3NS. The van der Waals surface area contributed by atoms with Gasteiger partial charge in [-0.3, -0.25) is 0 Å². The van der Waals surface area contributed by atoms with E-state index in [-0.39, 0.29) is 17.0 Å². The van der Waals surface area contributed by atoms with Gasteiger partial charge in [-0.1, -0.05) is 6.07 Å². The molecule has 14 heavy (non-hydrogen) atoms. The Labute approximate surface area is 84.5 Å². The Morgan fingerprint density at radius 1 is 1.36 bits per heavy atom. The summed E-state index contributed by atoms with van der Waals surface area (Å²) in [4.78, 5) is 0. The lowest BCUT2D eigenvalue weighted by molar-refractivity contribution is -0.138. The summed E-state index contributed by atoms with van der Waals surface area (Å²) >= 11 is 1.32. The first-order chi connectivity index (χ1) is 6.46. The Kier molecular flexibility index (Phi) is 3.31. The molecule has 0 saturated heterocycles. The molecule has 1 aromatic rings. The standard InChI is InChI=1S/C9H10F3NS/c1-14-5-6-7(9(10,11)12)3-2-4-8(6)13/h2-4H,5,13H2,1H3. The summed E-state index contributed by atoms with van der Waals surface area (Å²) < 4.78 is 37.5. The number of nitrogen functional groups attached to an aromatic ring is 1. The average molecular weight is 221 g/mol. The highest BCUT2D eigenvalue weighted by molar-refractivity contribution is 7.97. The third kappa shape index (κ3) is 2.35. The summed E-state index contributed by atoms with van der Waals surface area (Å²) in [7, 11) is 0. The second-order valence-electron chi connectivity index (χ2n) is 2.80. The van der Waals surface area contributed by atoms with Crippen molar-refractivity contribution in [3.05, 3.63) is 29.3 Å². The number of halogens is 3. The van der Waals surface area contributed by atoms with E-state index >= 15 is 0 Å². The Balaban J connectivity index is 3.21. The van der Waals surface area contributed by atoms with Crippen LogP contribution in [0.15, 0.2) is 18.2 Å². The van der Waals surface area contributed by atoms with Crippen LogP contribution in [0.25, 0.3) is 0 Å². The van der Waals surface area contributed by atoms with Crippen molar-refractivity contribution in [2.24, 2.45) is 0 Å². The van der Waals surface area contributed by atoms with Gasteiger partial charge in [0.15, 0.2) is 0 Å². The summed E-state index contributed by atoms with van der Waals surface area (Å²) in [6.07, 6.45) is -2.58. The number of benzene rings is 1. The predicted molar refractivity (Wildman–Crippen MR) is 53.1 cm³/mol. The van der Waals surface area contributed by atoms with Crippen LogP contribution in [0, 0.1) is 0 Å². The molecule has 1 rings (SSSR count). The average Bonchev–Trinajstić information content (AvgIpc) is 2.07. The molecule has 1 nitrogen and oxygen atoms in total. The molecule has 0 aliphatic rings. The summed E-state index contributed by atoms with van der Waals surface area (Å²) in [5, 5.41) is 0. The maximum Gasteiger partial charge on any atom is 0.416 e. The topological polar surface area (TPSA) is 26.0 Å². The molecule has 0 radical (unpaired) electrons. The van der Waals surface area contributed by atoms with Crippen molar-refractivity contribution >= 4 is 17.4 Å². The van der Waals surface area contributed by atoms with E-state index in [2.05, 4.69) is 0 Å². The minimum absolute atomic E-state index is 0.174. The van der Waals surface area contributed by atoms with E-state index in [0.717, 1.165) is 6.07 Å². The van der Waals surface area contributed by atoms with Crippen molar-refractivity contribution < 1.29 is 13.2 Å². The lowest BCUT2D eigenvalue weighted by Gasteiger charge is -2.13. The number of thioether (sulfide) groups is 1. The number of nitrogens with two attached hydrogens (primary N) is 1. The van der Waals surface area contributed by atoms with Gasteiger partial charge in [-0.25, -0.2) is 0 Å². The molecule has 0 bridgehead atoms. The molecule has 1 aromatic carbocycles. The Bertz CT molecular complexity index is 322. The minimum atomic E-state index is -4.32. The highest BCUT2D eigenvalue weighted by Gasteiger charge is 2.33. The largest absolute Gasteiger partial charge is 0.416 e. The summed E-state index contributed by atoms with van der Waals surface area (Å²) in [6, 6.07) is 3.87. The van der Waals surface area contributed by atoms with E-state index in [0.29, 0.717) is 0 Å². The number of hydrogen-bond donors (Lipinski definition) is 1. The van der Waals surface area contributed by atoms with Crippen LogP contribution < -0.4 is 5.73 Å². The molecule has 5 heteroatoms. The normalized spacial score (nSPS) is 11.7. The van der Waals surface area contributed by atoms with Gasteiger partial charge in [0.05, 0.1) is 5.56 Å². The molecule has 0 aromatic heterocycles. The van der Waals surface area contributed by atoms with Crippen LogP contribution in [0.5, 0.6) is 0 Å². The van der Waals surface area contributed by atoms with Crippen molar-refractivity contribution in [1.82, 2.24) is 0 Å². The van der Waals surface area contributed by atoms with Gasteiger partial charge in [-0.2, -0.15) is 24.9 Å². The van der Waals surface area contributed by atoms with E-state index in [1.54, 1.807) is 6.26 Å². The van der Waals surface area contributed by atoms with Crippen LogP contribution in [0.3, 0.4) is 0 Å². The van der Waals surface area contributed by atoms with Crippen molar-refractivity contribution in [3.8, 4) is 0 Å². The van der Waals surface area contributed by atoms with Gasteiger partial charge in [0.25, 0.3) is 0 Å². The smallest absolute Gasteiger partial charge is 0.398 e.